The number of hydrogen-bond donors (Lipinski definition) is 0. The second kappa shape index (κ2) is 8.23. The largest absolute Gasteiger partial charge is 0.240 e. The second-order valence-electron chi connectivity index (χ2n) is 8.44. The van der Waals surface area contributed by atoms with Crippen molar-refractivity contribution in [2.24, 2.45) is 13.5 Å². The van der Waals surface area contributed by atoms with Crippen LogP contribution < -0.4 is 0 Å². The highest BCUT2D eigenvalue weighted by Gasteiger charge is 2.48. The quantitative estimate of drug-likeness (QED) is 0.415. The van der Waals surface area contributed by atoms with Gasteiger partial charge >= 0.3 is 0 Å². The molecular formula is C16H32Cl2N7P3. The predicted octanol–water partition coefficient (Wildman–Crippen LogP) is 6.70. The van der Waals surface area contributed by atoms with Gasteiger partial charge in [0.25, 0.3) is 0 Å². The third-order valence-corrected chi connectivity index (χ3v) is 20.3. The maximum atomic E-state index is 7.42. The summed E-state index contributed by atoms with van der Waals surface area (Å²) < 4.78 is 26.1. The van der Waals surface area contributed by atoms with E-state index in [0.717, 1.165) is 52.4 Å². The standard InChI is InChI=1S/C16H32Cl2N7P3/c17-26(22-9-1-2-10-22)19-27(18,23-11-3-4-12-23)21-28(20-26,24-13-5-6-14-24)25-15-7-8-16-25/h1-16H2/t26-,27-/m1/s1. The minimum atomic E-state index is -2.51. The van der Waals surface area contributed by atoms with Crippen LogP contribution in [-0.4, -0.2) is 71.0 Å². The Morgan fingerprint density at radius 2 is 0.750 bits per heavy atom. The van der Waals surface area contributed by atoms with Gasteiger partial charge in [-0.3, -0.25) is 0 Å². The van der Waals surface area contributed by atoms with Gasteiger partial charge in [-0.15, -0.1) is 0 Å². The van der Waals surface area contributed by atoms with Crippen LogP contribution in [0.1, 0.15) is 51.4 Å². The van der Waals surface area contributed by atoms with Gasteiger partial charge in [-0.1, -0.05) is 0 Å². The Labute approximate surface area is 179 Å². The van der Waals surface area contributed by atoms with Gasteiger partial charge in [-0.05, 0) is 73.8 Å². The molecule has 12 heteroatoms. The van der Waals surface area contributed by atoms with Crippen molar-refractivity contribution in [3.8, 4) is 0 Å². The molecule has 0 aromatic rings. The lowest BCUT2D eigenvalue weighted by atomic mass is 10.4. The summed E-state index contributed by atoms with van der Waals surface area (Å²) in [6.45, 7) is 3.29. The fourth-order valence-electron chi connectivity index (χ4n) is 4.98. The summed E-state index contributed by atoms with van der Waals surface area (Å²) in [5.41, 5.74) is 0. The van der Waals surface area contributed by atoms with Gasteiger partial charge in [0.2, 0.25) is 20.9 Å². The zero-order valence-corrected chi connectivity index (χ0v) is 20.7. The van der Waals surface area contributed by atoms with Crippen molar-refractivity contribution in [2.45, 2.75) is 51.4 Å². The second-order valence-corrected chi connectivity index (χ2v) is 18.6. The Morgan fingerprint density at radius 3 is 1.14 bits per heavy atom. The highest BCUT2D eigenvalue weighted by Crippen LogP contribution is 2.85. The molecule has 5 rings (SSSR count). The maximum absolute atomic E-state index is 7.42. The number of hydrogen-bond acceptors (Lipinski definition) is 7. The van der Waals surface area contributed by atoms with Crippen molar-refractivity contribution < 1.29 is 0 Å². The zero-order valence-electron chi connectivity index (χ0n) is 16.5. The summed E-state index contributed by atoms with van der Waals surface area (Å²) in [6.07, 6.45) is 9.67. The zero-order chi connectivity index (χ0) is 19.2. The SMILES string of the molecule is Cl[P@]1(N2CCCC2)=NP(N2CCCC2)(N2CCCC2)=N[P@](Cl)(N2CCCC2)=N1. The van der Waals surface area contributed by atoms with Crippen LogP contribution in [0.5, 0.6) is 0 Å². The van der Waals surface area contributed by atoms with Crippen LogP contribution in [0, 0.1) is 0 Å². The molecule has 0 saturated carbocycles. The predicted molar refractivity (Wildman–Crippen MR) is 123 cm³/mol. The molecule has 0 spiro atoms. The van der Waals surface area contributed by atoms with E-state index in [4.69, 9.17) is 36.0 Å². The van der Waals surface area contributed by atoms with Crippen molar-refractivity contribution in [1.29, 1.82) is 0 Å². The maximum Gasteiger partial charge on any atom is 0.239 e. The fourth-order valence-corrected chi connectivity index (χ4v) is 21.7. The Morgan fingerprint density at radius 1 is 0.429 bits per heavy atom. The van der Waals surface area contributed by atoms with E-state index in [0.29, 0.717) is 0 Å². The minimum absolute atomic E-state index is 1.00. The fraction of sp³-hybridized carbons (Fsp3) is 1.00. The molecule has 0 amide bonds. The first-order valence-electron chi connectivity index (χ1n) is 10.9. The van der Waals surface area contributed by atoms with Crippen molar-refractivity contribution >= 4 is 43.4 Å². The molecule has 5 aliphatic heterocycles. The van der Waals surface area contributed by atoms with Gasteiger partial charge in [-0.25, -0.2) is 18.7 Å². The Bertz CT molecular complexity index is 723. The molecule has 2 atom stereocenters. The van der Waals surface area contributed by atoms with Crippen LogP contribution in [-0.2, 0) is 0 Å². The summed E-state index contributed by atoms with van der Waals surface area (Å²) in [4.78, 5) is 0. The molecule has 5 aliphatic rings. The molecule has 4 fully saturated rings. The molecule has 160 valence electrons. The van der Waals surface area contributed by atoms with E-state index in [1.807, 2.05) is 0 Å². The molecule has 0 aromatic heterocycles. The molecule has 4 saturated heterocycles. The molecule has 0 radical (unpaired) electrons. The highest BCUT2D eigenvalue weighted by molar-refractivity contribution is 8.02. The molecule has 0 aromatic carbocycles. The van der Waals surface area contributed by atoms with Gasteiger partial charge in [0, 0.05) is 52.4 Å². The number of nitrogens with zero attached hydrogens (tertiary/aromatic N) is 7. The third-order valence-electron chi connectivity index (χ3n) is 6.50. The van der Waals surface area contributed by atoms with Crippen molar-refractivity contribution in [1.82, 2.24) is 18.7 Å². The summed E-state index contributed by atoms with van der Waals surface area (Å²) in [5, 5.41) is 0. The Hall–Kier alpha value is 1.11. The van der Waals surface area contributed by atoms with Crippen LogP contribution in [0.25, 0.3) is 0 Å². The lowest BCUT2D eigenvalue weighted by Crippen LogP contribution is -2.29. The first-order valence-corrected chi connectivity index (χ1v) is 17.6. The van der Waals surface area contributed by atoms with Crippen LogP contribution in [0.15, 0.2) is 13.5 Å². The van der Waals surface area contributed by atoms with Gasteiger partial charge < -0.3 is 0 Å². The van der Waals surface area contributed by atoms with E-state index in [2.05, 4.69) is 18.7 Å². The van der Waals surface area contributed by atoms with Crippen molar-refractivity contribution in [3.05, 3.63) is 0 Å². The van der Waals surface area contributed by atoms with Crippen molar-refractivity contribution in [2.75, 3.05) is 52.4 Å². The third kappa shape index (κ3) is 3.65. The summed E-state index contributed by atoms with van der Waals surface area (Å²) in [7, 11) is -2.26. The Balaban J connectivity index is 1.71. The van der Waals surface area contributed by atoms with E-state index in [1.54, 1.807) is 0 Å². The lowest BCUT2D eigenvalue weighted by molar-refractivity contribution is 0.463. The number of rotatable bonds is 4. The molecule has 0 aliphatic carbocycles. The van der Waals surface area contributed by atoms with Crippen LogP contribution >= 0.6 is 43.4 Å². The van der Waals surface area contributed by atoms with Crippen LogP contribution in [0.2, 0.25) is 0 Å². The molecule has 7 nitrogen and oxygen atoms in total. The van der Waals surface area contributed by atoms with E-state index in [1.165, 1.54) is 51.4 Å². The van der Waals surface area contributed by atoms with E-state index in [-0.39, 0.29) is 0 Å². The number of halogens is 2. The monoisotopic (exact) mass is 485 g/mol. The van der Waals surface area contributed by atoms with Gasteiger partial charge in [-0.2, -0.15) is 13.5 Å². The molecule has 0 bridgehead atoms. The Kier molecular flexibility index (Phi) is 6.17. The van der Waals surface area contributed by atoms with Crippen molar-refractivity contribution in [3.63, 3.8) is 0 Å². The average Bonchev–Trinajstić information content (AvgIpc) is 3.51. The van der Waals surface area contributed by atoms with Gasteiger partial charge in [0.05, 0.1) is 0 Å². The normalized spacial score (nSPS) is 40.5. The van der Waals surface area contributed by atoms with Crippen LogP contribution in [0.3, 0.4) is 0 Å². The van der Waals surface area contributed by atoms with Gasteiger partial charge in [0.15, 0.2) is 0 Å². The minimum Gasteiger partial charge on any atom is -0.240 e. The average molecular weight is 486 g/mol. The lowest BCUT2D eigenvalue weighted by Gasteiger charge is -2.43. The van der Waals surface area contributed by atoms with E-state index >= 15 is 0 Å². The topological polar surface area (TPSA) is 50.0 Å². The molecule has 0 N–H and O–H groups in total. The summed E-state index contributed by atoms with van der Waals surface area (Å²) in [6, 6.07) is 0. The highest BCUT2D eigenvalue weighted by atomic mass is 35.7. The summed E-state index contributed by atoms with van der Waals surface area (Å²) in [5.74, 6) is 0. The van der Waals surface area contributed by atoms with Crippen LogP contribution in [0.4, 0.5) is 0 Å². The smallest absolute Gasteiger partial charge is 0.239 e. The first kappa shape index (κ1) is 21.0. The summed E-state index contributed by atoms with van der Waals surface area (Å²) >= 11 is 14.8. The molecule has 0 unspecified atom stereocenters. The van der Waals surface area contributed by atoms with E-state index in [9.17, 15) is 0 Å². The molecule has 28 heavy (non-hydrogen) atoms. The first-order chi connectivity index (χ1) is 13.5. The van der Waals surface area contributed by atoms with E-state index < -0.39 is 20.9 Å². The molecular weight excluding hydrogens is 454 g/mol. The van der Waals surface area contributed by atoms with Gasteiger partial charge in [0.1, 0.15) is 0 Å². The molecule has 5 heterocycles.